The van der Waals surface area contributed by atoms with Gasteiger partial charge in [-0.1, -0.05) is 0 Å². The zero-order valence-corrected chi connectivity index (χ0v) is 7.85. The lowest BCUT2D eigenvalue weighted by molar-refractivity contribution is -0.167. The van der Waals surface area contributed by atoms with Gasteiger partial charge in [-0.15, -0.1) is 0 Å². The van der Waals surface area contributed by atoms with Crippen LogP contribution in [-0.4, -0.2) is 12.1 Å². The second-order valence-electron chi connectivity index (χ2n) is 3.02. The van der Waals surface area contributed by atoms with E-state index in [1.165, 1.54) is 18.2 Å². The van der Waals surface area contributed by atoms with Crippen molar-refractivity contribution in [3.05, 3.63) is 23.8 Å². The maximum atomic E-state index is 11.9. The molecule has 1 aromatic rings. The second-order valence-corrected chi connectivity index (χ2v) is 3.02. The number of nitrogen functional groups attached to an aromatic ring is 1. The van der Waals surface area contributed by atoms with Crippen molar-refractivity contribution in [2.45, 2.75) is 13.1 Å². The molecule has 0 bridgehead atoms. The summed E-state index contributed by atoms with van der Waals surface area (Å²) in [6, 6.07) is 4.12. The fraction of sp³-hybridized carbons (Fsp3) is 0.222. The summed E-state index contributed by atoms with van der Waals surface area (Å²) in [5.41, 5.74) is 6.61. The summed E-state index contributed by atoms with van der Waals surface area (Å²) in [4.78, 5) is 10.6. The largest absolute Gasteiger partial charge is 0.471 e. The predicted octanol–water partition coefficient (Wildman–Crippen LogP) is 2.08. The first-order chi connectivity index (χ1) is 6.80. The maximum Gasteiger partial charge on any atom is 0.471 e. The van der Waals surface area contributed by atoms with E-state index in [1.807, 2.05) is 0 Å². The fourth-order valence-electron chi connectivity index (χ4n) is 0.955. The fourth-order valence-corrected chi connectivity index (χ4v) is 0.955. The molecule has 1 aromatic carbocycles. The third-order valence-corrected chi connectivity index (χ3v) is 1.79. The second kappa shape index (κ2) is 3.80. The highest BCUT2D eigenvalue weighted by atomic mass is 19.4. The number of benzene rings is 1. The Bertz CT molecular complexity index is 387. The van der Waals surface area contributed by atoms with Crippen molar-refractivity contribution < 1.29 is 18.0 Å². The van der Waals surface area contributed by atoms with E-state index >= 15 is 0 Å². The normalized spacial score (nSPS) is 11.2. The van der Waals surface area contributed by atoms with Crippen LogP contribution in [0.3, 0.4) is 0 Å². The van der Waals surface area contributed by atoms with Crippen LogP contribution in [0.5, 0.6) is 0 Å². The minimum absolute atomic E-state index is 0.0732. The van der Waals surface area contributed by atoms with E-state index < -0.39 is 12.1 Å². The molecule has 82 valence electrons. The van der Waals surface area contributed by atoms with E-state index in [-0.39, 0.29) is 5.69 Å². The molecule has 15 heavy (non-hydrogen) atoms. The molecule has 0 aliphatic rings. The summed E-state index contributed by atoms with van der Waals surface area (Å²) < 4.78 is 35.6. The van der Waals surface area contributed by atoms with Crippen molar-refractivity contribution in [2.24, 2.45) is 0 Å². The number of hydrogen-bond donors (Lipinski definition) is 2. The lowest BCUT2D eigenvalue weighted by Gasteiger charge is -2.09. The van der Waals surface area contributed by atoms with Gasteiger partial charge in [0.25, 0.3) is 0 Å². The molecule has 1 rings (SSSR count). The van der Waals surface area contributed by atoms with Crippen LogP contribution in [0.4, 0.5) is 24.5 Å². The van der Waals surface area contributed by atoms with Gasteiger partial charge in [-0.2, -0.15) is 13.2 Å². The molecule has 1 amide bonds. The molecular weight excluding hydrogens is 209 g/mol. The zero-order chi connectivity index (χ0) is 11.6. The van der Waals surface area contributed by atoms with Crippen LogP contribution in [0.15, 0.2) is 18.2 Å². The van der Waals surface area contributed by atoms with Crippen LogP contribution >= 0.6 is 0 Å². The summed E-state index contributed by atoms with van der Waals surface area (Å²) in [6.07, 6.45) is -4.88. The van der Waals surface area contributed by atoms with Crippen LogP contribution in [0.1, 0.15) is 5.56 Å². The number of anilines is 2. The van der Waals surface area contributed by atoms with Crippen molar-refractivity contribution >= 4 is 17.3 Å². The van der Waals surface area contributed by atoms with Crippen LogP contribution in [0.2, 0.25) is 0 Å². The molecule has 3 nitrogen and oxygen atoms in total. The topological polar surface area (TPSA) is 55.1 Å². The molecule has 0 aliphatic heterocycles. The molecule has 0 saturated carbocycles. The number of rotatable bonds is 1. The van der Waals surface area contributed by atoms with Gasteiger partial charge >= 0.3 is 12.1 Å². The lowest BCUT2D eigenvalue weighted by Crippen LogP contribution is -2.29. The Hall–Kier alpha value is -1.72. The Morgan fingerprint density at radius 1 is 1.40 bits per heavy atom. The first-order valence-corrected chi connectivity index (χ1v) is 4.05. The van der Waals surface area contributed by atoms with Gasteiger partial charge in [0.2, 0.25) is 0 Å². The molecule has 0 fully saturated rings. The molecule has 0 unspecified atom stereocenters. The van der Waals surface area contributed by atoms with E-state index in [0.717, 1.165) is 0 Å². The van der Waals surface area contributed by atoms with E-state index in [4.69, 9.17) is 5.73 Å². The van der Waals surface area contributed by atoms with E-state index in [2.05, 4.69) is 0 Å². The number of amides is 1. The van der Waals surface area contributed by atoms with Crippen LogP contribution in [0, 0.1) is 6.92 Å². The average molecular weight is 218 g/mol. The third-order valence-electron chi connectivity index (χ3n) is 1.79. The van der Waals surface area contributed by atoms with E-state index in [1.54, 1.807) is 12.2 Å². The summed E-state index contributed by atoms with van der Waals surface area (Å²) in [5.74, 6) is -1.99. The van der Waals surface area contributed by atoms with Gasteiger partial charge in [0.15, 0.2) is 0 Å². The van der Waals surface area contributed by atoms with Gasteiger partial charge in [-0.3, -0.25) is 4.79 Å². The van der Waals surface area contributed by atoms with Crippen molar-refractivity contribution in [2.75, 3.05) is 11.1 Å². The summed E-state index contributed by atoms with van der Waals surface area (Å²) in [5, 5.41) is 1.73. The molecule has 0 spiro atoms. The lowest BCUT2D eigenvalue weighted by atomic mass is 10.2. The van der Waals surface area contributed by atoms with E-state index in [9.17, 15) is 18.0 Å². The summed E-state index contributed by atoms with van der Waals surface area (Å²) in [6.45, 7) is 1.64. The van der Waals surface area contributed by atoms with Gasteiger partial charge in [0, 0.05) is 11.4 Å². The molecule has 0 atom stereocenters. The molecule has 0 aliphatic carbocycles. The summed E-state index contributed by atoms with van der Waals surface area (Å²) >= 11 is 0. The van der Waals surface area contributed by atoms with Gasteiger partial charge in [0.1, 0.15) is 0 Å². The number of nitrogens with one attached hydrogen (secondary N) is 1. The molecule has 0 aromatic heterocycles. The van der Waals surface area contributed by atoms with Crippen molar-refractivity contribution in [1.29, 1.82) is 0 Å². The van der Waals surface area contributed by atoms with Gasteiger partial charge in [-0.05, 0) is 30.7 Å². The molecule has 6 heteroatoms. The van der Waals surface area contributed by atoms with Gasteiger partial charge < -0.3 is 11.1 Å². The highest BCUT2D eigenvalue weighted by Gasteiger charge is 2.38. The van der Waals surface area contributed by atoms with Crippen molar-refractivity contribution in [3.63, 3.8) is 0 Å². The minimum atomic E-state index is -4.88. The number of alkyl halides is 3. The molecule has 0 heterocycles. The Balaban J connectivity index is 2.83. The van der Waals surface area contributed by atoms with Crippen LogP contribution in [-0.2, 0) is 4.79 Å². The first-order valence-electron chi connectivity index (χ1n) is 4.05. The standard InChI is InChI=1S/C9H9F3N2O/c1-5-4-6(2-3-7(5)13)14-8(15)9(10,11)12/h2-4H,13H2,1H3,(H,14,15). The Kier molecular flexibility index (Phi) is 2.88. The smallest absolute Gasteiger partial charge is 0.399 e. The number of nitrogens with two attached hydrogens (primary N) is 1. The number of halogens is 3. The summed E-state index contributed by atoms with van der Waals surface area (Å²) in [7, 11) is 0. The van der Waals surface area contributed by atoms with Crippen LogP contribution in [0.25, 0.3) is 0 Å². The Morgan fingerprint density at radius 3 is 2.47 bits per heavy atom. The number of carbonyl (C=O) groups is 1. The van der Waals surface area contributed by atoms with Crippen molar-refractivity contribution in [3.8, 4) is 0 Å². The number of hydrogen-bond acceptors (Lipinski definition) is 2. The van der Waals surface area contributed by atoms with E-state index in [0.29, 0.717) is 11.3 Å². The molecule has 3 N–H and O–H groups in total. The van der Waals surface area contributed by atoms with Crippen LogP contribution < -0.4 is 11.1 Å². The molecular formula is C9H9F3N2O. The van der Waals surface area contributed by atoms with Gasteiger partial charge in [-0.25, -0.2) is 0 Å². The minimum Gasteiger partial charge on any atom is -0.399 e. The SMILES string of the molecule is Cc1cc(NC(=O)C(F)(F)F)ccc1N. The molecule has 0 saturated heterocycles. The van der Waals surface area contributed by atoms with Gasteiger partial charge in [0.05, 0.1) is 0 Å². The number of carbonyl (C=O) groups excluding carboxylic acids is 1. The monoisotopic (exact) mass is 218 g/mol. The quantitative estimate of drug-likeness (QED) is 0.709. The predicted molar refractivity (Wildman–Crippen MR) is 50.3 cm³/mol. The highest BCUT2D eigenvalue weighted by Crippen LogP contribution is 2.20. The first kappa shape index (κ1) is 11.4. The highest BCUT2D eigenvalue weighted by molar-refractivity contribution is 5.95. The maximum absolute atomic E-state index is 11.9. The molecule has 0 radical (unpaired) electrons. The van der Waals surface area contributed by atoms with Crippen molar-refractivity contribution in [1.82, 2.24) is 0 Å². The third kappa shape index (κ3) is 2.87. The number of aryl methyl sites for hydroxylation is 1. The average Bonchev–Trinajstić information content (AvgIpc) is 2.10. The Labute approximate surface area is 84.1 Å². The zero-order valence-electron chi connectivity index (χ0n) is 7.85. The Morgan fingerprint density at radius 2 is 2.00 bits per heavy atom.